The van der Waals surface area contributed by atoms with Crippen LogP contribution >= 0.6 is 0 Å². The number of rotatable bonds is 11. The van der Waals surface area contributed by atoms with Gasteiger partial charge in [0.2, 0.25) is 0 Å². The van der Waals surface area contributed by atoms with E-state index in [0.717, 1.165) is 18.1 Å². The highest BCUT2D eigenvalue weighted by atomic mass is 28.4. The van der Waals surface area contributed by atoms with Crippen molar-refractivity contribution in [3.63, 3.8) is 0 Å². The molecule has 9 heteroatoms. The van der Waals surface area contributed by atoms with Gasteiger partial charge >= 0.3 is 11.9 Å². The van der Waals surface area contributed by atoms with Gasteiger partial charge in [0.25, 0.3) is 5.60 Å². The van der Waals surface area contributed by atoms with E-state index in [1.54, 1.807) is 13.8 Å². The lowest BCUT2D eigenvalue weighted by atomic mass is 9.85. The lowest BCUT2D eigenvalue weighted by Gasteiger charge is -2.38. The van der Waals surface area contributed by atoms with E-state index in [2.05, 4.69) is 20.8 Å². The van der Waals surface area contributed by atoms with Crippen LogP contribution in [0, 0.1) is 5.92 Å². The van der Waals surface area contributed by atoms with Gasteiger partial charge in [-0.1, -0.05) is 20.8 Å². The van der Waals surface area contributed by atoms with E-state index in [9.17, 15) is 14.7 Å². The Morgan fingerprint density at radius 2 is 1.71 bits per heavy atom. The maximum Gasteiger partial charge on any atom is 0.350 e. The largest absolute Gasteiger partial charge is 0.463 e. The number of aliphatic hydroxyl groups is 1. The molecule has 0 radical (unpaired) electrons. The molecular weight excluding hydrogens is 396 g/mol. The quantitative estimate of drug-likeness (QED) is 0.303. The monoisotopic (exact) mass is 434 g/mol. The Hall–Kier alpha value is -0.746. The Labute approximate surface area is 171 Å². The van der Waals surface area contributed by atoms with Crippen molar-refractivity contribution in [3.8, 4) is 0 Å². The maximum absolute atomic E-state index is 13.0. The average Bonchev–Trinajstić information content (AvgIpc) is 2.89. The molecule has 0 bridgehead atoms. The molecule has 0 saturated carbocycles. The summed E-state index contributed by atoms with van der Waals surface area (Å²) in [5, 5.41) is 10.3. The molecular formula is C19H38O7Si2. The normalized spacial score (nSPS) is 26.8. The van der Waals surface area contributed by atoms with E-state index >= 15 is 0 Å². The third-order valence-corrected chi connectivity index (χ3v) is 11.1. The smallest absolute Gasteiger partial charge is 0.350 e. The van der Waals surface area contributed by atoms with Crippen LogP contribution in [0.4, 0.5) is 0 Å². The molecule has 1 saturated heterocycles. The molecule has 1 unspecified atom stereocenters. The standard InChI is InChI=1S/C19H38O7Si2/c1-9-23-17(21)19(26-27(6,7)8)15(16(14(5)20)25-18(19)22)13-24-28(10-2,11-3)12-4/h14-16,20H,9-13H2,1-8H3/t14-,15-,16-,19?/m0/s1. The van der Waals surface area contributed by atoms with E-state index < -0.39 is 52.3 Å². The molecule has 1 fully saturated rings. The number of carbonyl (C=O) groups is 2. The van der Waals surface area contributed by atoms with Crippen molar-refractivity contribution >= 4 is 28.6 Å². The summed E-state index contributed by atoms with van der Waals surface area (Å²) in [5.74, 6) is -2.30. The first-order chi connectivity index (χ1) is 12.9. The molecule has 164 valence electrons. The van der Waals surface area contributed by atoms with E-state index in [0.29, 0.717) is 0 Å². The van der Waals surface area contributed by atoms with Crippen molar-refractivity contribution in [2.45, 2.75) is 90.2 Å². The summed E-state index contributed by atoms with van der Waals surface area (Å²) in [5.41, 5.74) is -1.89. The number of cyclic esters (lactones) is 1. The van der Waals surface area contributed by atoms with Crippen LogP contribution in [-0.2, 0) is 27.9 Å². The number of hydrogen-bond acceptors (Lipinski definition) is 7. The van der Waals surface area contributed by atoms with Crippen molar-refractivity contribution in [1.29, 1.82) is 0 Å². The van der Waals surface area contributed by atoms with Crippen LogP contribution in [0.2, 0.25) is 37.8 Å². The van der Waals surface area contributed by atoms with E-state index in [1.165, 1.54) is 0 Å². The fraction of sp³-hybridized carbons (Fsp3) is 0.895. The highest BCUT2D eigenvalue weighted by molar-refractivity contribution is 6.73. The molecule has 1 aliphatic rings. The second-order valence-electron chi connectivity index (χ2n) is 8.44. The molecule has 0 amide bonds. The highest BCUT2D eigenvalue weighted by Crippen LogP contribution is 2.41. The summed E-state index contributed by atoms with van der Waals surface area (Å²) in [6, 6.07) is 2.80. The highest BCUT2D eigenvalue weighted by Gasteiger charge is 2.67. The van der Waals surface area contributed by atoms with Crippen LogP contribution in [0.5, 0.6) is 0 Å². The van der Waals surface area contributed by atoms with Gasteiger partial charge in [0.1, 0.15) is 6.10 Å². The fourth-order valence-corrected chi connectivity index (χ4v) is 7.69. The second kappa shape index (κ2) is 9.84. The molecule has 4 atom stereocenters. The molecule has 28 heavy (non-hydrogen) atoms. The van der Waals surface area contributed by atoms with Crippen LogP contribution in [0.3, 0.4) is 0 Å². The molecule has 1 N–H and O–H groups in total. The average molecular weight is 435 g/mol. The van der Waals surface area contributed by atoms with Gasteiger partial charge in [-0.25, -0.2) is 9.59 Å². The Balaban J connectivity index is 3.41. The molecule has 0 aromatic heterocycles. The SMILES string of the molecule is CCOC(=O)C1(O[Si](C)(C)C)C(=O)O[C@@H]([C@H](C)O)[C@@H]1CO[Si](CC)(CC)CC. The first kappa shape index (κ1) is 25.3. The van der Waals surface area contributed by atoms with Gasteiger partial charge in [-0.05, 0) is 51.6 Å². The number of esters is 2. The first-order valence-electron chi connectivity index (χ1n) is 10.3. The number of carbonyl (C=O) groups excluding carboxylic acids is 2. The molecule has 1 rings (SSSR count). The lowest BCUT2D eigenvalue weighted by Crippen LogP contribution is -2.59. The summed E-state index contributed by atoms with van der Waals surface area (Å²) >= 11 is 0. The Bertz CT molecular complexity index is 535. The minimum absolute atomic E-state index is 0.117. The van der Waals surface area contributed by atoms with Gasteiger partial charge in [0.05, 0.1) is 18.6 Å². The summed E-state index contributed by atoms with van der Waals surface area (Å²) in [6.45, 7) is 15.5. The fourth-order valence-electron chi connectivity index (χ4n) is 3.76. The summed E-state index contributed by atoms with van der Waals surface area (Å²) in [4.78, 5) is 26.0. The van der Waals surface area contributed by atoms with Crippen molar-refractivity contribution in [1.82, 2.24) is 0 Å². The van der Waals surface area contributed by atoms with Crippen molar-refractivity contribution in [3.05, 3.63) is 0 Å². The van der Waals surface area contributed by atoms with Gasteiger partial charge < -0.3 is 23.4 Å². The summed E-state index contributed by atoms with van der Waals surface area (Å²) in [6.07, 6.45) is -1.84. The maximum atomic E-state index is 13.0. The first-order valence-corrected chi connectivity index (χ1v) is 16.3. The number of aliphatic hydroxyl groups excluding tert-OH is 1. The number of hydrogen-bond donors (Lipinski definition) is 1. The van der Waals surface area contributed by atoms with Crippen LogP contribution < -0.4 is 0 Å². The van der Waals surface area contributed by atoms with Crippen LogP contribution in [0.15, 0.2) is 0 Å². The Morgan fingerprint density at radius 1 is 1.18 bits per heavy atom. The predicted octanol–water partition coefficient (Wildman–Crippen LogP) is 3.08. The van der Waals surface area contributed by atoms with Gasteiger partial charge in [0.15, 0.2) is 16.6 Å². The van der Waals surface area contributed by atoms with Crippen molar-refractivity contribution in [2.75, 3.05) is 13.2 Å². The lowest BCUT2D eigenvalue weighted by molar-refractivity contribution is -0.175. The zero-order chi connectivity index (χ0) is 21.8. The summed E-state index contributed by atoms with van der Waals surface area (Å²) in [7, 11) is -4.35. The van der Waals surface area contributed by atoms with Gasteiger partial charge in [-0.2, -0.15) is 0 Å². The Kier molecular flexibility index (Phi) is 8.89. The molecule has 0 aliphatic carbocycles. The minimum atomic E-state index is -2.36. The summed E-state index contributed by atoms with van der Waals surface area (Å²) < 4.78 is 23.3. The van der Waals surface area contributed by atoms with Gasteiger partial charge in [-0.15, -0.1) is 0 Å². The van der Waals surface area contributed by atoms with E-state index in [1.807, 2.05) is 19.6 Å². The predicted molar refractivity (Wildman–Crippen MR) is 112 cm³/mol. The van der Waals surface area contributed by atoms with E-state index in [-0.39, 0.29) is 13.2 Å². The molecule has 0 aromatic rings. The van der Waals surface area contributed by atoms with Gasteiger partial charge in [0, 0.05) is 6.61 Å². The zero-order valence-corrected chi connectivity index (χ0v) is 20.7. The van der Waals surface area contributed by atoms with Crippen molar-refractivity contribution < 1.29 is 33.0 Å². The molecule has 0 aromatic carbocycles. The minimum Gasteiger partial charge on any atom is -0.463 e. The van der Waals surface area contributed by atoms with Gasteiger partial charge in [-0.3, -0.25) is 0 Å². The third-order valence-electron chi connectivity index (χ3n) is 5.49. The van der Waals surface area contributed by atoms with Crippen LogP contribution in [0.1, 0.15) is 34.6 Å². The zero-order valence-electron chi connectivity index (χ0n) is 18.7. The third kappa shape index (κ3) is 5.24. The topological polar surface area (TPSA) is 91.3 Å². The van der Waals surface area contributed by atoms with Crippen LogP contribution in [0.25, 0.3) is 0 Å². The Morgan fingerprint density at radius 3 is 2.11 bits per heavy atom. The van der Waals surface area contributed by atoms with E-state index in [4.69, 9.17) is 18.3 Å². The molecule has 1 heterocycles. The molecule has 7 nitrogen and oxygen atoms in total. The second-order valence-corrected chi connectivity index (χ2v) is 17.6. The van der Waals surface area contributed by atoms with Crippen molar-refractivity contribution in [2.24, 2.45) is 5.92 Å². The molecule has 1 aliphatic heterocycles. The molecule has 0 spiro atoms. The number of ether oxygens (including phenoxy) is 2. The van der Waals surface area contributed by atoms with Crippen LogP contribution in [-0.4, -0.2) is 64.7 Å².